The summed E-state index contributed by atoms with van der Waals surface area (Å²) in [5, 5.41) is 11.7. The van der Waals surface area contributed by atoms with Crippen LogP contribution in [0.5, 0.6) is 0 Å². The summed E-state index contributed by atoms with van der Waals surface area (Å²) in [4.78, 5) is 13.8. The van der Waals surface area contributed by atoms with E-state index in [-0.39, 0.29) is 23.9 Å². The van der Waals surface area contributed by atoms with Gasteiger partial charge in [-0.2, -0.15) is 0 Å². The minimum atomic E-state index is -0.798. The zero-order chi connectivity index (χ0) is 14.7. The second-order valence-corrected chi connectivity index (χ2v) is 4.90. The van der Waals surface area contributed by atoms with Crippen molar-refractivity contribution in [2.24, 2.45) is 0 Å². The number of nitrogens with one attached hydrogen (secondary N) is 1. The van der Waals surface area contributed by atoms with Gasteiger partial charge in [-0.15, -0.1) is 0 Å². The molecule has 1 aromatic carbocycles. The van der Waals surface area contributed by atoms with Gasteiger partial charge in [-0.25, -0.2) is 8.78 Å². The minimum Gasteiger partial charge on any atom is -0.394 e. The molecule has 0 spiro atoms. The molecular weight excluding hydrogens is 266 g/mol. The van der Waals surface area contributed by atoms with Gasteiger partial charge >= 0.3 is 0 Å². The van der Waals surface area contributed by atoms with Gasteiger partial charge in [-0.3, -0.25) is 4.79 Å². The number of anilines is 1. The Labute approximate surface area is 116 Å². The number of hydrogen-bond donors (Lipinski definition) is 2. The quantitative estimate of drug-likeness (QED) is 0.892. The first-order chi connectivity index (χ1) is 9.58. The third-order valence-electron chi connectivity index (χ3n) is 3.64. The van der Waals surface area contributed by atoms with Gasteiger partial charge in [0.25, 0.3) is 5.91 Å². The molecule has 1 atom stereocenters. The number of halogens is 2. The predicted octanol–water partition coefficient (Wildman–Crippen LogP) is 1.99. The normalized spacial score (nSPS) is 19.0. The van der Waals surface area contributed by atoms with Crippen molar-refractivity contribution in [3.05, 3.63) is 29.3 Å². The lowest BCUT2D eigenvalue weighted by Crippen LogP contribution is -2.45. The molecule has 6 heteroatoms. The number of hydrogen-bond acceptors (Lipinski definition) is 3. The van der Waals surface area contributed by atoms with E-state index in [9.17, 15) is 18.7 Å². The molecule has 4 nitrogen and oxygen atoms in total. The Morgan fingerprint density at radius 2 is 2.05 bits per heavy atom. The van der Waals surface area contributed by atoms with Crippen molar-refractivity contribution in [1.82, 2.24) is 4.90 Å². The van der Waals surface area contributed by atoms with Crippen molar-refractivity contribution in [3.8, 4) is 0 Å². The summed E-state index contributed by atoms with van der Waals surface area (Å²) in [7, 11) is 1.41. The third kappa shape index (κ3) is 2.75. The Kier molecular flexibility index (Phi) is 4.54. The van der Waals surface area contributed by atoms with Crippen molar-refractivity contribution >= 4 is 11.6 Å². The predicted molar refractivity (Wildman–Crippen MR) is 71.7 cm³/mol. The smallest absolute Gasteiger partial charge is 0.254 e. The second-order valence-electron chi connectivity index (χ2n) is 4.90. The lowest BCUT2D eigenvalue weighted by atomic mass is 10.0. The molecule has 1 aromatic rings. The summed E-state index contributed by atoms with van der Waals surface area (Å²) in [6.45, 7) is 0.367. The highest BCUT2D eigenvalue weighted by molar-refractivity contribution is 5.95. The van der Waals surface area contributed by atoms with Gasteiger partial charge in [0.2, 0.25) is 0 Å². The number of likely N-dealkylation sites (tertiary alicyclic amines) is 1. The lowest BCUT2D eigenvalue weighted by molar-refractivity contribution is 0.0502. The molecule has 0 aliphatic carbocycles. The molecule has 1 aliphatic heterocycles. The number of carbonyl (C=O) groups is 1. The number of piperidine rings is 1. The van der Waals surface area contributed by atoms with Crippen LogP contribution in [0, 0.1) is 11.6 Å². The van der Waals surface area contributed by atoms with E-state index in [0.29, 0.717) is 13.0 Å². The van der Waals surface area contributed by atoms with Gasteiger partial charge in [0, 0.05) is 19.2 Å². The average Bonchev–Trinajstić information content (AvgIpc) is 2.46. The van der Waals surface area contributed by atoms with Gasteiger partial charge in [-0.1, -0.05) is 0 Å². The van der Waals surface area contributed by atoms with Gasteiger partial charge in [0.05, 0.1) is 12.6 Å². The fourth-order valence-corrected chi connectivity index (χ4v) is 2.56. The van der Waals surface area contributed by atoms with Crippen LogP contribution >= 0.6 is 0 Å². The van der Waals surface area contributed by atoms with Crippen LogP contribution in [0.15, 0.2) is 12.1 Å². The Morgan fingerprint density at radius 1 is 1.40 bits per heavy atom. The summed E-state index contributed by atoms with van der Waals surface area (Å²) < 4.78 is 27.4. The van der Waals surface area contributed by atoms with Crippen molar-refractivity contribution in [2.45, 2.75) is 25.3 Å². The Bertz CT molecular complexity index is 485. The molecule has 110 valence electrons. The zero-order valence-corrected chi connectivity index (χ0v) is 11.3. The Morgan fingerprint density at radius 3 is 2.60 bits per heavy atom. The van der Waals surface area contributed by atoms with Crippen LogP contribution in [-0.4, -0.2) is 42.2 Å². The SMILES string of the molecule is CNc1c(F)cc(C(=O)N2CCCCC2CO)cc1F. The van der Waals surface area contributed by atoms with Crippen molar-refractivity contribution in [3.63, 3.8) is 0 Å². The number of carbonyl (C=O) groups excluding carboxylic acids is 1. The molecule has 1 fully saturated rings. The van der Waals surface area contributed by atoms with Gasteiger partial charge in [-0.05, 0) is 31.4 Å². The fraction of sp³-hybridized carbons (Fsp3) is 0.500. The fourth-order valence-electron chi connectivity index (χ4n) is 2.56. The highest BCUT2D eigenvalue weighted by Crippen LogP contribution is 2.24. The zero-order valence-electron chi connectivity index (χ0n) is 11.3. The van der Waals surface area contributed by atoms with E-state index in [1.807, 2.05) is 0 Å². The number of aliphatic hydroxyl groups is 1. The number of nitrogens with zero attached hydrogens (tertiary/aromatic N) is 1. The molecule has 0 saturated carbocycles. The van der Waals surface area contributed by atoms with Gasteiger partial charge in [0.1, 0.15) is 17.3 Å². The lowest BCUT2D eigenvalue weighted by Gasteiger charge is -2.34. The number of rotatable bonds is 3. The first-order valence-corrected chi connectivity index (χ1v) is 6.67. The van der Waals surface area contributed by atoms with Crippen molar-refractivity contribution < 1.29 is 18.7 Å². The van der Waals surface area contributed by atoms with Crippen LogP contribution in [-0.2, 0) is 0 Å². The highest BCUT2D eigenvalue weighted by atomic mass is 19.1. The van der Waals surface area contributed by atoms with Crippen LogP contribution in [0.2, 0.25) is 0 Å². The van der Waals surface area contributed by atoms with Crippen LogP contribution in [0.4, 0.5) is 14.5 Å². The maximum Gasteiger partial charge on any atom is 0.254 e. The molecular formula is C14H18F2N2O2. The summed E-state index contributed by atoms with van der Waals surface area (Å²) in [6.07, 6.45) is 2.49. The number of benzene rings is 1. The summed E-state index contributed by atoms with van der Waals surface area (Å²) >= 11 is 0. The van der Waals surface area contributed by atoms with Crippen molar-refractivity contribution in [1.29, 1.82) is 0 Å². The average molecular weight is 284 g/mol. The molecule has 2 rings (SSSR count). The van der Waals surface area contributed by atoms with Gasteiger partial charge < -0.3 is 15.3 Å². The first-order valence-electron chi connectivity index (χ1n) is 6.67. The molecule has 0 aromatic heterocycles. The number of aliphatic hydroxyl groups excluding tert-OH is 1. The largest absolute Gasteiger partial charge is 0.394 e. The standard InChI is InChI=1S/C14H18F2N2O2/c1-17-13-11(15)6-9(7-12(13)16)14(20)18-5-3-2-4-10(18)8-19/h6-7,10,17,19H,2-5,8H2,1H3. The van der Waals surface area contributed by atoms with E-state index in [0.717, 1.165) is 25.0 Å². The molecule has 2 N–H and O–H groups in total. The first kappa shape index (κ1) is 14.7. The Balaban J connectivity index is 2.28. The molecule has 1 saturated heterocycles. The second kappa shape index (κ2) is 6.17. The van der Waals surface area contributed by atoms with Gasteiger partial charge in [0.15, 0.2) is 0 Å². The molecule has 1 amide bonds. The van der Waals surface area contributed by atoms with E-state index >= 15 is 0 Å². The molecule has 1 heterocycles. The third-order valence-corrected chi connectivity index (χ3v) is 3.64. The van der Waals surface area contributed by atoms with Crippen LogP contribution in [0.25, 0.3) is 0 Å². The maximum absolute atomic E-state index is 13.7. The maximum atomic E-state index is 13.7. The molecule has 1 aliphatic rings. The number of amides is 1. The van der Waals surface area contributed by atoms with E-state index in [1.54, 1.807) is 0 Å². The molecule has 20 heavy (non-hydrogen) atoms. The molecule has 0 radical (unpaired) electrons. The molecule has 0 bridgehead atoms. The monoisotopic (exact) mass is 284 g/mol. The van der Waals surface area contributed by atoms with Crippen LogP contribution < -0.4 is 5.32 Å². The van der Waals surface area contributed by atoms with E-state index in [2.05, 4.69) is 5.32 Å². The van der Waals surface area contributed by atoms with E-state index < -0.39 is 17.5 Å². The Hall–Kier alpha value is -1.69. The van der Waals surface area contributed by atoms with E-state index in [4.69, 9.17) is 0 Å². The summed E-state index contributed by atoms with van der Waals surface area (Å²) in [6, 6.07) is 1.78. The van der Waals surface area contributed by atoms with E-state index in [1.165, 1.54) is 11.9 Å². The van der Waals surface area contributed by atoms with Crippen LogP contribution in [0.1, 0.15) is 29.6 Å². The van der Waals surface area contributed by atoms with Crippen LogP contribution in [0.3, 0.4) is 0 Å². The molecule has 1 unspecified atom stereocenters. The topological polar surface area (TPSA) is 52.6 Å². The highest BCUT2D eigenvalue weighted by Gasteiger charge is 2.28. The minimum absolute atomic E-state index is 0.0284. The summed E-state index contributed by atoms with van der Waals surface area (Å²) in [5.41, 5.74) is -0.279. The van der Waals surface area contributed by atoms with Crippen molar-refractivity contribution in [2.75, 3.05) is 25.5 Å². The summed E-state index contributed by atoms with van der Waals surface area (Å²) in [5.74, 6) is -2.04.